The van der Waals surface area contributed by atoms with Crippen LogP contribution in [0.4, 0.5) is 5.69 Å². The van der Waals surface area contributed by atoms with Gasteiger partial charge in [-0.05, 0) is 57.0 Å². The summed E-state index contributed by atoms with van der Waals surface area (Å²) >= 11 is 5.26. The molecule has 0 unspecified atom stereocenters. The molecule has 1 aliphatic rings. The fourth-order valence-corrected chi connectivity index (χ4v) is 2.36. The standard InChI is InChI=1S/C15H21N3OS/c1-2-19-14-11-7-6-10-13(14)16-15(20)18-17-12-8-4-3-5-9-12/h6-7,10-11H,2-5,8-9H2,1H3,(H2,16,18,20). The predicted octanol–water partition coefficient (Wildman–Crippen LogP) is 3.69. The molecule has 0 saturated heterocycles. The minimum absolute atomic E-state index is 0.496. The lowest BCUT2D eigenvalue weighted by Gasteiger charge is -2.14. The highest BCUT2D eigenvalue weighted by Crippen LogP contribution is 2.23. The van der Waals surface area contributed by atoms with Gasteiger partial charge in [0.25, 0.3) is 0 Å². The Hall–Kier alpha value is -1.62. The molecule has 20 heavy (non-hydrogen) atoms. The zero-order valence-electron chi connectivity index (χ0n) is 11.8. The number of thiocarbonyl (C=S) groups is 1. The highest BCUT2D eigenvalue weighted by Gasteiger charge is 2.07. The lowest BCUT2D eigenvalue weighted by atomic mass is 9.99. The van der Waals surface area contributed by atoms with Gasteiger partial charge >= 0.3 is 0 Å². The van der Waals surface area contributed by atoms with Crippen molar-refractivity contribution in [1.82, 2.24) is 5.43 Å². The minimum atomic E-state index is 0.496. The van der Waals surface area contributed by atoms with Crippen molar-refractivity contribution in [2.75, 3.05) is 11.9 Å². The average molecular weight is 291 g/mol. The van der Waals surface area contributed by atoms with Crippen molar-refractivity contribution in [3.8, 4) is 5.75 Å². The summed E-state index contributed by atoms with van der Waals surface area (Å²) < 4.78 is 5.55. The zero-order valence-corrected chi connectivity index (χ0v) is 12.6. The number of rotatable bonds is 4. The first-order chi connectivity index (χ1) is 9.79. The summed E-state index contributed by atoms with van der Waals surface area (Å²) in [7, 11) is 0. The molecule has 1 aliphatic carbocycles. The van der Waals surface area contributed by atoms with E-state index >= 15 is 0 Å². The van der Waals surface area contributed by atoms with Crippen molar-refractivity contribution in [1.29, 1.82) is 0 Å². The maximum absolute atomic E-state index is 5.55. The van der Waals surface area contributed by atoms with E-state index in [9.17, 15) is 0 Å². The average Bonchev–Trinajstić information content (AvgIpc) is 2.49. The van der Waals surface area contributed by atoms with Crippen molar-refractivity contribution in [2.24, 2.45) is 5.10 Å². The largest absolute Gasteiger partial charge is 0.492 e. The molecule has 4 nitrogen and oxygen atoms in total. The predicted molar refractivity (Wildman–Crippen MR) is 87.5 cm³/mol. The van der Waals surface area contributed by atoms with Gasteiger partial charge in [-0.2, -0.15) is 5.10 Å². The van der Waals surface area contributed by atoms with E-state index in [4.69, 9.17) is 17.0 Å². The topological polar surface area (TPSA) is 45.6 Å². The first-order valence-corrected chi connectivity index (χ1v) is 7.54. The Morgan fingerprint density at radius 1 is 1.25 bits per heavy atom. The Kier molecular flexibility index (Phi) is 5.80. The van der Waals surface area contributed by atoms with Gasteiger partial charge in [-0.1, -0.05) is 18.6 Å². The number of ether oxygens (including phenoxy) is 1. The maximum Gasteiger partial charge on any atom is 0.191 e. The molecule has 0 aliphatic heterocycles. The van der Waals surface area contributed by atoms with Gasteiger partial charge in [-0.15, -0.1) is 0 Å². The number of benzene rings is 1. The monoisotopic (exact) mass is 291 g/mol. The van der Waals surface area contributed by atoms with Crippen LogP contribution in [0.2, 0.25) is 0 Å². The van der Waals surface area contributed by atoms with Crippen LogP contribution < -0.4 is 15.5 Å². The van der Waals surface area contributed by atoms with E-state index in [1.54, 1.807) is 0 Å². The molecule has 5 heteroatoms. The molecule has 0 radical (unpaired) electrons. The van der Waals surface area contributed by atoms with E-state index in [-0.39, 0.29) is 0 Å². The third-order valence-electron chi connectivity index (χ3n) is 3.18. The van der Waals surface area contributed by atoms with Crippen molar-refractivity contribution in [3.63, 3.8) is 0 Å². The zero-order chi connectivity index (χ0) is 14.2. The summed E-state index contributed by atoms with van der Waals surface area (Å²) in [5, 5.41) is 8.00. The molecule has 2 rings (SSSR count). The van der Waals surface area contributed by atoms with Crippen LogP contribution in [0, 0.1) is 0 Å². The van der Waals surface area contributed by atoms with Gasteiger partial charge < -0.3 is 10.1 Å². The first-order valence-electron chi connectivity index (χ1n) is 7.14. The summed E-state index contributed by atoms with van der Waals surface area (Å²) in [5.41, 5.74) is 4.99. The molecule has 2 N–H and O–H groups in total. The van der Waals surface area contributed by atoms with Crippen LogP contribution in [-0.4, -0.2) is 17.4 Å². The second-order valence-electron chi connectivity index (χ2n) is 4.73. The third-order valence-corrected chi connectivity index (χ3v) is 3.37. The Morgan fingerprint density at radius 2 is 2.00 bits per heavy atom. The van der Waals surface area contributed by atoms with Crippen LogP contribution in [-0.2, 0) is 0 Å². The van der Waals surface area contributed by atoms with Gasteiger partial charge in [0.1, 0.15) is 5.75 Å². The van der Waals surface area contributed by atoms with Crippen LogP contribution >= 0.6 is 12.2 Å². The van der Waals surface area contributed by atoms with E-state index in [0.29, 0.717) is 11.7 Å². The molecule has 0 amide bonds. The molecule has 0 aromatic heterocycles. The van der Waals surface area contributed by atoms with Crippen LogP contribution in [0.1, 0.15) is 39.0 Å². The molecule has 1 saturated carbocycles. The second-order valence-corrected chi connectivity index (χ2v) is 5.14. The van der Waals surface area contributed by atoms with Crippen molar-refractivity contribution < 1.29 is 4.74 Å². The van der Waals surface area contributed by atoms with Gasteiger partial charge in [-0.25, -0.2) is 0 Å². The Labute approximate surface area is 125 Å². The van der Waals surface area contributed by atoms with E-state index in [1.807, 2.05) is 31.2 Å². The lowest BCUT2D eigenvalue weighted by molar-refractivity contribution is 0.342. The second kappa shape index (κ2) is 7.85. The minimum Gasteiger partial charge on any atom is -0.492 e. The number of hydrogen-bond donors (Lipinski definition) is 2. The summed E-state index contributed by atoms with van der Waals surface area (Å²) in [5.74, 6) is 0.796. The highest BCUT2D eigenvalue weighted by atomic mass is 32.1. The number of hydrazone groups is 1. The number of nitrogens with zero attached hydrogens (tertiary/aromatic N) is 1. The number of anilines is 1. The van der Waals surface area contributed by atoms with Crippen molar-refractivity contribution in [2.45, 2.75) is 39.0 Å². The van der Waals surface area contributed by atoms with Crippen LogP contribution in [0.5, 0.6) is 5.75 Å². The molecular formula is C15H21N3OS. The van der Waals surface area contributed by atoms with Crippen LogP contribution in [0.25, 0.3) is 0 Å². The summed E-state index contributed by atoms with van der Waals surface area (Å²) in [6.07, 6.45) is 5.92. The van der Waals surface area contributed by atoms with E-state index in [0.717, 1.165) is 24.3 Å². The molecule has 1 fully saturated rings. The number of nitrogens with one attached hydrogen (secondary N) is 2. The van der Waals surface area contributed by atoms with Gasteiger partial charge in [0.2, 0.25) is 0 Å². The molecule has 0 spiro atoms. The smallest absolute Gasteiger partial charge is 0.191 e. The van der Waals surface area contributed by atoms with Gasteiger partial charge in [-0.3, -0.25) is 5.43 Å². The fourth-order valence-electron chi connectivity index (χ4n) is 2.20. The van der Waals surface area contributed by atoms with Crippen LogP contribution in [0.15, 0.2) is 29.4 Å². The number of para-hydroxylation sites is 2. The quantitative estimate of drug-likeness (QED) is 0.656. The molecule has 1 aromatic rings. The highest BCUT2D eigenvalue weighted by molar-refractivity contribution is 7.80. The number of hydrogen-bond acceptors (Lipinski definition) is 3. The van der Waals surface area contributed by atoms with Crippen molar-refractivity contribution in [3.05, 3.63) is 24.3 Å². The molecule has 0 heterocycles. The van der Waals surface area contributed by atoms with Gasteiger partial charge in [0, 0.05) is 5.71 Å². The molecule has 0 bridgehead atoms. The molecular weight excluding hydrogens is 270 g/mol. The Balaban J connectivity index is 1.91. The maximum atomic E-state index is 5.55. The van der Waals surface area contributed by atoms with E-state index < -0.39 is 0 Å². The lowest BCUT2D eigenvalue weighted by Crippen LogP contribution is -2.26. The summed E-state index contributed by atoms with van der Waals surface area (Å²) in [4.78, 5) is 0. The Bertz CT molecular complexity index is 480. The molecule has 0 atom stereocenters. The molecule has 1 aromatic carbocycles. The van der Waals surface area contributed by atoms with Crippen molar-refractivity contribution >= 4 is 28.7 Å². The van der Waals surface area contributed by atoms with Gasteiger partial charge in [0.15, 0.2) is 5.11 Å². The normalized spacial score (nSPS) is 14.6. The van der Waals surface area contributed by atoms with E-state index in [1.165, 1.54) is 25.0 Å². The third kappa shape index (κ3) is 4.49. The molecule has 108 valence electrons. The van der Waals surface area contributed by atoms with Crippen LogP contribution in [0.3, 0.4) is 0 Å². The van der Waals surface area contributed by atoms with Gasteiger partial charge in [0.05, 0.1) is 12.3 Å². The Morgan fingerprint density at radius 3 is 2.75 bits per heavy atom. The summed E-state index contributed by atoms with van der Waals surface area (Å²) in [6, 6.07) is 7.74. The first kappa shape index (κ1) is 14.8. The fraction of sp³-hybridized carbons (Fsp3) is 0.467. The van der Waals surface area contributed by atoms with E-state index in [2.05, 4.69) is 15.8 Å². The SMILES string of the molecule is CCOc1ccccc1NC(=S)NN=C1CCCCC1. The summed E-state index contributed by atoms with van der Waals surface area (Å²) in [6.45, 7) is 2.59.